The number of aliphatic imine (C=N–C) groups is 1. The molecule has 1 fully saturated rings. The van der Waals surface area contributed by atoms with Crippen molar-refractivity contribution in [1.29, 1.82) is 0 Å². The van der Waals surface area contributed by atoms with Gasteiger partial charge < -0.3 is 20.3 Å². The standard InChI is InChI=1S/C18H30N4O2S.HI/c1-4-19-17(20-12-14(3)15-8-11-25-13-15)21-16-6-9-22(10-7-16)18(23)24-5-2;/h8,11,13-14,16H,4-7,9-10,12H2,1-3H3,(H2,19,20,21);1H. The highest BCUT2D eigenvalue weighted by Crippen LogP contribution is 2.18. The number of rotatable bonds is 6. The van der Waals surface area contributed by atoms with Gasteiger partial charge in [0.2, 0.25) is 0 Å². The van der Waals surface area contributed by atoms with E-state index in [9.17, 15) is 4.79 Å². The molecule has 1 saturated heterocycles. The summed E-state index contributed by atoms with van der Waals surface area (Å²) >= 11 is 1.72. The van der Waals surface area contributed by atoms with Crippen LogP contribution in [0, 0.1) is 0 Å². The van der Waals surface area contributed by atoms with Gasteiger partial charge in [-0.1, -0.05) is 6.92 Å². The Balaban J connectivity index is 0.00000338. The van der Waals surface area contributed by atoms with Gasteiger partial charge in [0.1, 0.15) is 0 Å². The largest absolute Gasteiger partial charge is 0.450 e. The average molecular weight is 494 g/mol. The predicted molar refractivity (Wildman–Crippen MR) is 119 cm³/mol. The summed E-state index contributed by atoms with van der Waals surface area (Å²) in [6, 6.07) is 2.50. The SMILES string of the molecule is CCNC(=NCC(C)c1ccsc1)NC1CCN(C(=O)OCC)CC1.I. The number of nitrogens with zero attached hydrogens (tertiary/aromatic N) is 2. The summed E-state index contributed by atoms with van der Waals surface area (Å²) < 4.78 is 5.07. The molecule has 1 unspecified atom stereocenters. The zero-order chi connectivity index (χ0) is 18.1. The maximum atomic E-state index is 11.8. The summed E-state index contributed by atoms with van der Waals surface area (Å²) in [7, 11) is 0. The number of carbonyl (C=O) groups is 1. The Morgan fingerprint density at radius 1 is 1.42 bits per heavy atom. The molecule has 2 N–H and O–H groups in total. The van der Waals surface area contributed by atoms with E-state index in [-0.39, 0.29) is 30.1 Å². The number of hydrogen-bond donors (Lipinski definition) is 2. The molecule has 1 aliphatic heterocycles. The van der Waals surface area contributed by atoms with Crippen molar-refractivity contribution in [3.63, 3.8) is 0 Å². The monoisotopic (exact) mass is 494 g/mol. The number of guanidine groups is 1. The van der Waals surface area contributed by atoms with E-state index in [1.165, 1.54) is 5.56 Å². The molecular formula is C18H31IN4O2S. The third kappa shape index (κ3) is 7.30. The number of thiophene rings is 1. The first kappa shape index (κ1) is 23.0. The molecule has 0 saturated carbocycles. The van der Waals surface area contributed by atoms with Crippen LogP contribution in [0.5, 0.6) is 0 Å². The van der Waals surface area contributed by atoms with Crippen molar-refractivity contribution < 1.29 is 9.53 Å². The van der Waals surface area contributed by atoms with Gasteiger partial charge in [-0.15, -0.1) is 24.0 Å². The molecule has 2 heterocycles. The fourth-order valence-electron chi connectivity index (χ4n) is 2.82. The molecule has 6 nitrogen and oxygen atoms in total. The Bertz CT molecular complexity index is 545. The van der Waals surface area contributed by atoms with Crippen LogP contribution in [-0.2, 0) is 4.74 Å². The lowest BCUT2D eigenvalue weighted by Gasteiger charge is -2.32. The van der Waals surface area contributed by atoms with Crippen LogP contribution in [0.2, 0.25) is 0 Å². The zero-order valence-electron chi connectivity index (χ0n) is 15.9. The first-order valence-corrected chi connectivity index (χ1v) is 10.1. The van der Waals surface area contributed by atoms with Gasteiger partial charge in [0.25, 0.3) is 0 Å². The van der Waals surface area contributed by atoms with Crippen LogP contribution in [0.4, 0.5) is 4.79 Å². The van der Waals surface area contributed by atoms with E-state index in [2.05, 4.69) is 41.3 Å². The van der Waals surface area contributed by atoms with Gasteiger partial charge >= 0.3 is 6.09 Å². The van der Waals surface area contributed by atoms with Gasteiger partial charge in [-0.2, -0.15) is 11.3 Å². The molecule has 1 aromatic rings. The second kappa shape index (κ2) is 12.4. The molecule has 26 heavy (non-hydrogen) atoms. The minimum Gasteiger partial charge on any atom is -0.450 e. The van der Waals surface area contributed by atoms with Gasteiger partial charge in [-0.05, 0) is 49.1 Å². The predicted octanol–water partition coefficient (Wildman–Crippen LogP) is 3.65. The number of likely N-dealkylation sites (tertiary alicyclic amines) is 1. The van der Waals surface area contributed by atoms with Gasteiger partial charge in [-0.25, -0.2) is 4.79 Å². The smallest absolute Gasteiger partial charge is 0.409 e. The Kier molecular flexibility index (Phi) is 11.0. The highest BCUT2D eigenvalue weighted by Gasteiger charge is 2.24. The van der Waals surface area contributed by atoms with Crippen molar-refractivity contribution in [2.45, 2.75) is 45.6 Å². The Morgan fingerprint density at radius 3 is 2.73 bits per heavy atom. The molecule has 1 amide bonds. The van der Waals surface area contributed by atoms with E-state index < -0.39 is 0 Å². The van der Waals surface area contributed by atoms with Gasteiger partial charge in [0.15, 0.2) is 5.96 Å². The molecule has 0 radical (unpaired) electrons. The molecule has 1 atom stereocenters. The Hall–Kier alpha value is -1.03. The normalized spacial score (nSPS) is 16.6. The molecule has 1 aromatic heterocycles. The highest BCUT2D eigenvalue weighted by molar-refractivity contribution is 14.0. The number of piperidine rings is 1. The van der Waals surface area contributed by atoms with Gasteiger partial charge in [0, 0.05) is 38.1 Å². The van der Waals surface area contributed by atoms with Crippen LogP contribution in [0.1, 0.15) is 45.1 Å². The second-order valence-corrected chi connectivity index (χ2v) is 7.06. The maximum absolute atomic E-state index is 11.8. The van der Waals surface area contributed by atoms with E-state index in [1.54, 1.807) is 16.2 Å². The van der Waals surface area contributed by atoms with Gasteiger partial charge in [0.05, 0.1) is 6.61 Å². The highest BCUT2D eigenvalue weighted by atomic mass is 127. The lowest BCUT2D eigenvalue weighted by molar-refractivity contribution is 0.0963. The van der Waals surface area contributed by atoms with Crippen LogP contribution in [0.15, 0.2) is 21.8 Å². The Labute approximate surface area is 177 Å². The molecule has 0 aromatic carbocycles. The number of amides is 1. The first-order chi connectivity index (χ1) is 12.1. The molecule has 0 bridgehead atoms. The second-order valence-electron chi connectivity index (χ2n) is 6.28. The van der Waals surface area contributed by atoms with E-state index in [0.717, 1.165) is 45.0 Å². The molecule has 148 valence electrons. The molecule has 2 rings (SSSR count). The quantitative estimate of drug-likeness (QED) is 0.360. The van der Waals surface area contributed by atoms with Crippen molar-refractivity contribution in [3.05, 3.63) is 22.4 Å². The van der Waals surface area contributed by atoms with Crippen molar-refractivity contribution in [2.75, 3.05) is 32.8 Å². The van der Waals surface area contributed by atoms with Gasteiger partial charge in [-0.3, -0.25) is 4.99 Å². The third-order valence-corrected chi connectivity index (χ3v) is 5.04. The fourth-order valence-corrected chi connectivity index (χ4v) is 3.61. The molecule has 0 spiro atoms. The Morgan fingerprint density at radius 2 is 2.15 bits per heavy atom. The van der Waals surface area contributed by atoms with E-state index in [1.807, 2.05) is 6.92 Å². The van der Waals surface area contributed by atoms with Crippen molar-refractivity contribution in [2.24, 2.45) is 4.99 Å². The minimum atomic E-state index is -0.203. The lowest BCUT2D eigenvalue weighted by Crippen LogP contribution is -2.50. The third-order valence-electron chi connectivity index (χ3n) is 4.34. The summed E-state index contributed by atoms with van der Waals surface area (Å²) in [5.74, 6) is 1.27. The van der Waals surface area contributed by atoms with Crippen molar-refractivity contribution in [3.8, 4) is 0 Å². The lowest BCUT2D eigenvalue weighted by atomic mass is 10.1. The van der Waals surface area contributed by atoms with Crippen LogP contribution < -0.4 is 10.6 Å². The minimum absolute atomic E-state index is 0. The van der Waals surface area contributed by atoms with E-state index in [0.29, 0.717) is 18.6 Å². The number of halogens is 1. The van der Waals surface area contributed by atoms with Crippen LogP contribution in [0.3, 0.4) is 0 Å². The van der Waals surface area contributed by atoms with E-state index >= 15 is 0 Å². The number of carbonyl (C=O) groups excluding carboxylic acids is 1. The summed E-state index contributed by atoms with van der Waals surface area (Å²) in [5, 5.41) is 11.1. The number of ether oxygens (including phenoxy) is 1. The van der Waals surface area contributed by atoms with Crippen molar-refractivity contribution in [1.82, 2.24) is 15.5 Å². The zero-order valence-corrected chi connectivity index (χ0v) is 19.0. The maximum Gasteiger partial charge on any atom is 0.409 e. The summed E-state index contributed by atoms with van der Waals surface area (Å²) in [6.07, 6.45) is 1.61. The molecule has 8 heteroatoms. The summed E-state index contributed by atoms with van der Waals surface area (Å²) in [4.78, 5) is 18.3. The molecule has 0 aliphatic carbocycles. The van der Waals surface area contributed by atoms with Crippen LogP contribution >= 0.6 is 35.3 Å². The molecule has 1 aliphatic rings. The summed E-state index contributed by atoms with van der Waals surface area (Å²) in [6.45, 7) is 9.57. The first-order valence-electron chi connectivity index (χ1n) is 9.12. The summed E-state index contributed by atoms with van der Waals surface area (Å²) in [5.41, 5.74) is 1.34. The van der Waals surface area contributed by atoms with Crippen LogP contribution in [0.25, 0.3) is 0 Å². The average Bonchev–Trinajstić information content (AvgIpc) is 3.15. The fraction of sp³-hybridized carbons (Fsp3) is 0.667. The van der Waals surface area contributed by atoms with E-state index in [4.69, 9.17) is 9.73 Å². The van der Waals surface area contributed by atoms with Crippen molar-refractivity contribution >= 4 is 47.4 Å². The number of nitrogens with one attached hydrogen (secondary N) is 2. The topological polar surface area (TPSA) is 66.0 Å². The number of hydrogen-bond acceptors (Lipinski definition) is 4. The molecular weight excluding hydrogens is 463 g/mol. The van der Waals surface area contributed by atoms with Crippen LogP contribution in [-0.4, -0.2) is 55.8 Å².